The average Bonchev–Trinajstić information content (AvgIpc) is 2.85. The molecule has 11 heteroatoms. The molecule has 35 heavy (non-hydrogen) atoms. The number of carbonyl (C=O) groups excluding carboxylic acids is 1. The van der Waals surface area contributed by atoms with Crippen molar-refractivity contribution >= 4 is 43.8 Å². The van der Waals surface area contributed by atoms with Gasteiger partial charge in [0, 0.05) is 0 Å². The molecule has 3 aromatic rings. The number of phenols is 1. The van der Waals surface area contributed by atoms with Crippen molar-refractivity contribution in [3.8, 4) is 17.2 Å². The lowest BCUT2D eigenvalue weighted by molar-refractivity contribution is -0.119. The summed E-state index contributed by atoms with van der Waals surface area (Å²) < 4.78 is 38.8. The number of benzene rings is 3. The van der Waals surface area contributed by atoms with Crippen LogP contribution in [0.4, 0.5) is 5.69 Å². The summed E-state index contributed by atoms with van der Waals surface area (Å²) in [5, 5.41) is 13.8. The number of sulfonamides is 1. The summed E-state index contributed by atoms with van der Waals surface area (Å²) in [6, 6.07) is 16.0. The van der Waals surface area contributed by atoms with Crippen LogP contribution in [0.3, 0.4) is 0 Å². The number of nitrogens with zero attached hydrogens (tertiary/aromatic N) is 2. The summed E-state index contributed by atoms with van der Waals surface area (Å²) in [6.45, 7) is 1.27. The van der Waals surface area contributed by atoms with E-state index < -0.39 is 22.5 Å². The topological polar surface area (TPSA) is 118 Å². The van der Waals surface area contributed by atoms with E-state index in [1.165, 1.54) is 38.6 Å². The maximum absolute atomic E-state index is 13.5. The van der Waals surface area contributed by atoms with Crippen molar-refractivity contribution in [2.24, 2.45) is 5.10 Å². The van der Waals surface area contributed by atoms with Crippen molar-refractivity contribution in [1.82, 2.24) is 5.43 Å². The van der Waals surface area contributed by atoms with E-state index in [9.17, 15) is 18.3 Å². The molecule has 0 spiro atoms. The van der Waals surface area contributed by atoms with Gasteiger partial charge in [-0.1, -0.05) is 24.3 Å². The SMILES string of the molecule is COc1ccc(C)cc1N(CC(=O)N/N=C\c1cc(Br)c(O)c(OC)c1)S(=O)(=O)c1ccccc1. The lowest BCUT2D eigenvalue weighted by Crippen LogP contribution is -2.39. The minimum Gasteiger partial charge on any atom is -0.503 e. The molecule has 0 aromatic heterocycles. The van der Waals surface area contributed by atoms with Crippen LogP contribution in [-0.2, 0) is 14.8 Å². The number of ether oxygens (including phenoxy) is 2. The molecule has 3 rings (SSSR count). The first kappa shape index (κ1) is 26.0. The third kappa shape index (κ3) is 6.11. The van der Waals surface area contributed by atoms with Gasteiger partial charge in [0.25, 0.3) is 15.9 Å². The first-order chi connectivity index (χ1) is 16.7. The highest BCUT2D eigenvalue weighted by Gasteiger charge is 2.29. The van der Waals surface area contributed by atoms with Gasteiger partial charge in [0.05, 0.1) is 35.5 Å². The molecule has 0 aliphatic rings. The largest absolute Gasteiger partial charge is 0.503 e. The van der Waals surface area contributed by atoms with Crippen LogP contribution < -0.4 is 19.2 Å². The number of amides is 1. The Hall–Kier alpha value is -3.57. The zero-order chi connectivity index (χ0) is 25.6. The quantitative estimate of drug-likeness (QED) is 0.303. The normalized spacial score (nSPS) is 11.3. The Kier molecular flexibility index (Phi) is 8.36. The Morgan fingerprint density at radius 3 is 2.43 bits per heavy atom. The van der Waals surface area contributed by atoms with Gasteiger partial charge in [-0.25, -0.2) is 13.8 Å². The van der Waals surface area contributed by atoms with Crippen LogP contribution in [0.2, 0.25) is 0 Å². The van der Waals surface area contributed by atoms with Gasteiger partial charge in [-0.2, -0.15) is 5.10 Å². The van der Waals surface area contributed by atoms with Crippen LogP contribution in [0.5, 0.6) is 17.2 Å². The van der Waals surface area contributed by atoms with E-state index in [-0.39, 0.29) is 22.1 Å². The zero-order valence-corrected chi connectivity index (χ0v) is 21.6. The van der Waals surface area contributed by atoms with Crippen molar-refractivity contribution in [2.75, 3.05) is 25.1 Å². The van der Waals surface area contributed by atoms with Gasteiger partial charge >= 0.3 is 0 Å². The Labute approximate surface area is 212 Å². The summed E-state index contributed by atoms with van der Waals surface area (Å²) in [5.74, 6) is -0.219. The van der Waals surface area contributed by atoms with E-state index in [1.807, 2.05) is 6.92 Å². The highest BCUT2D eigenvalue weighted by molar-refractivity contribution is 9.10. The van der Waals surface area contributed by atoms with Crippen LogP contribution in [-0.4, -0.2) is 46.4 Å². The van der Waals surface area contributed by atoms with Gasteiger partial charge in [-0.3, -0.25) is 9.10 Å². The lowest BCUT2D eigenvalue weighted by Gasteiger charge is -2.25. The molecule has 0 saturated carbocycles. The number of phenolic OH excluding ortho intramolecular Hbond substituents is 1. The third-order valence-corrected chi connectivity index (χ3v) is 7.27. The Morgan fingerprint density at radius 2 is 1.77 bits per heavy atom. The fraction of sp³-hybridized carbons (Fsp3) is 0.167. The van der Waals surface area contributed by atoms with Gasteiger partial charge < -0.3 is 14.6 Å². The van der Waals surface area contributed by atoms with Crippen molar-refractivity contribution in [3.05, 3.63) is 76.3 Å². The smallest absolute Gasteiger partial charge is 0.264 e. The molecule has 0 saturated heterocycles. The molecule has 0 heterocycles. The summed E-state index contributed by atoms with van der Waals surface area (Å²) in [5.41, 5.74) is 3.89. The van der Waals surface area contributed by atoms with E-state index in [0.717, 1.165) is 9.87 Å². The van der Waals surface area contributed by atoms with Crippen molar-refractivity contribution in [3.63, 3.8) is 0 Å². The monoisotopic (exact) mass is 561 g/mol. The fourth-order valence-electron chi connectivity index (χ4n) is 3.18. The first-order valence-corrected chi connectivity index (χ1v) is 12.5. The number of carbonyl (C=O) groups is 1. The Bertz CT molecular complexity index is 1350. The molecule has 184 valence electrons. The van der Waals surface area contributed by atoms with E-state index in [4.69, 9.17) is 9.47 Å². The van der Waals surface area contributed by atoms with Gasteiger partial charge in [0.2, 0.25) is 0 Å². The Balaban J connectivity index is 1.90. The summed E-state index contributed by atoms with van der Waals surface area (Å²) in [4.78, 5) is 12.8. The molecule has 0 unspecified atom stereocenters. The maximum atomic E-state index is 13.5. The van der Waals surface area contributed by atoms with Gasteiger partial charge in [0.15, 0.2) is 11.5 Å². The number of aryl methyl sites for hydroxylation is 1. The number of aromatic hydroxyl groups is 1. The predicted octanol–water partition coefficient (Wildman–Crippen LogP) is 3.83. The minimum atomic E-state index is -4.11. The molecule has 3 aromatic carbocycles. The van der Waals surface area contributed by atoms with Crippen LogP contribution >= 0.6 is 15.9 Å². The van der Waals surface area contributed by atoms with E-state index >= 15 is 0 Å². The van der Waals surface area contributed by atoms with Crippen molar-refractivity contribution in [1.29, 1.82) is 0 Å². The number of halogens is 1. The number of nitrogens with one attached hydrogen (secondary N) is 1. The molecule has 0 fully saturated rings. The van der Waals surface area contributed by atoms with Crippen molar-refractivity contribution < 1.29 is 27.8 Å². The summed E-state index contributed by atoms with van der Waals surface area (Å²) in [6.07, 6.45) is 1.34. The molecule has 0 atom stereocenters. The second-order valence-electron chi connectivity index (χ2n) is 7.35. The third-order valence-electron chi connectivity index (χ3n) is 4.90. The molecule has 0 aliphatic carbocycles. The van der Waals surface area contributed by atoms with E-state index in [2.05, 4.69) is 26.5 Å². The fourth-order valence-corrected chi connectivity index (χ4v) is 5.09. The lowest BCUT2D eigenvalue weighted by atomic mass is 10.2. The van der Waals surface area contributed by atoms with Gasteiger partial charge in [0.1, 0.15) is 12.3 Å². The number of hydrogen-bond acceptors (Lipinski definition) is 7. The van der Waals surface area contributed by atoms with Gasteiger partial charge in [-0.15, -0.1) is 0 Å². The predicted molar refractivity (Wildman–Crippen MR) is 137 cm³/mol. The summed E-state index contributed by atoms with van der Waals surface area (Å²) >= 11 is 3.22. The van der Waals surface area contributed by atoms with E-state index in [1.54, 1.807) is 42.5 Å². The molecule has 0 bridgehead atoms. The average molecular weight is 562 g/mol. The van der Waals surface area contributed by atoms with Crippen LogP contribution in [0, 0.1) is 6.92 Å². The number of anilines is 1. The number of rotatable bonds is 9. The second-order valence-corrected chi connectivity index (χ2v) is 10.1. The highest BCUT2D eigenvalue weighted by atomic mass is 79.9. The molecule has 0 radical (unpaired) electrons. The number of methoxy groups -OCH3 is 2. The van der Waals surface area contributed by atoms with Gasteiger partial charge in [-0.05, 0) is 70.4 Å². The molecule has 9 nitrogen and oxygen atoms in total. The van der Waals surface area contributed by atoms with E-state index in [0.29, 0.717) is 15.8 Å². The molecule has 1 amide bonds. The van der Waals surface area contributed by atoms with Crippen LogP contribution in [0.25, 0.3) is 0 Å². The molecule has 0 aliphatic heterocycles. The molecular weight excluding hydrogens is 538 g/mol. The first-order valence-electron chi connectivity index (χ1n) is 10.3. The van der Waals surface area contributed by atoms with Crippen LogP contribution in [0.15, 0.2) is 75.1 Å². The zero-order valence-electron chi connectivity index (χ0n) is 19.2. The highest BCUT2D eigenvalue weighted by Crippen LogP contribution is 2.35. The Morgan fingerprint density at radius 1 is 1.09 bits per heavy atom. The summed E-state index contributed by atoms with van der Waals surface area (Å²) in [7, 11) is -1.27. The van der Waals surface area contributed by atoms with Crippen molar-refractivity contribution in [2.45, 2.75) is 11.8 Å². The number of hydrazone groups is 1. The second kappa shape index (κ2) is 11.2. The standard InChI is InChI=1S/C24H24BrN3O6S/c1-16-9-10-21(33-2)20(11-16)28(35(31,32)18-7-5-4-6-8-18)15-23(29)27-26-14-17-12-19(25)24(30)22(13-17)34-3/h4-14,30H,15H2,1-3H3,(H,27,29)/b26-14-. The minimum absolute atomic E-state index is 0.0286. The molecular formula is C24H24BrN3O6S. The number of hydrogen-bond donors (Lipinski definition) is 2. The maximum Gasteiger partial charge on any atom is 0.264 e. The molecule has 2 N–H and O–H groups in total. The van der Waals surface area contributed by atoms with Crippen LogP contribution in [0.1, 0.15) is 11.1 Å².